The van der Waals surface area contributed by atoms with Gasteiger partial charge in [0, 0.05) is 24.9 Å². The lowest BCUT2D eigenvalue weighted by molar-refractivity contribution is -0.134. The number of aliphatic hydroxyl groups is 1. The third-order valence-corrected chi connectivity index (χ3v) is 9.29. The summed E-state index contributed by atoms with van der Waals surface area (Å²) >= 11 is 0. The SMILES string of the molecule is CC(=O)O.C[C@H](CO)[C@H]1CC[C@H]2[C@@H]3CCC4=C(N=[N+]=[N-])C(=O)CC[C@]4(C)[C@H]3CC[C@]12C. The Morgan fingerprint density at radius 1 is 1.19 bits per heavy atom. The zero-order chi connectivity index (χ0) is 23.0. The van der Waals surface area contributed by atoms with Crippen LogP contribution in [0.15, 0.2) is 16.4 Å². The zero-order valence-corrected chi connectivity index (χ0v) is 19.3. The normalized spacial score (nSPS) is 39.8. The van der Waals surface area contributed by atoms with E-state index in [0.717, 1.165) is 37.7 Å². The summed E-state index contributed by atoms with van der Waals surface area (Å²) in [5.74, 6) is 2.25. The van der Waals surface area contributed by atoms with Gasteiger partial charge in [-0.3, -0.25) is 9.59 Å². The van der Waals surface area contributed by atoms with E-state index in [-0.39, 0.29) is 11.2 Å². The summed E-state index contributed by atoms with van der Waals surface area (Å²) in [6.45, 7) is 8.42. The van der Waals surface area contributed by atoms with Crippen LogP contribution in [0.2, 0.25) is 0 Å². The number of carbonyl (C=O) groups is 2. The Morgan fingerprint density at radius 2 is 1.87 bits per heavy atom. The summed E-state index contributed by atoms with van der Waals surface area (Å²) in [6, 6.07) is 0. The van der Waals surface area contributed by atoms with E-state index in [1.165, 1.54) is 25.7 Å². The maximum atomic E-state index is 12.4. The number of rotatable bonds is 3. The summed E-state index contributed by atoms with van der Waals surface area (Å²) < 4.78 is 0. The number of allylic oxidation sites excluding steroid dienone is 1. The summed E-state index contributed by atoms with van der Waals surface area (Å²) in [4.78, 5) is 24.3. The van der Waals surface area contributed by atoms with E-state index in [9.17, 15) is 9.90 Å². The lowest BCUT2D eigenvalue weighted by Gasteiger charge is -2.58. The fraction of sp³-hybridized carbons (Fsp3) is 0.833. The van der Waals surface area contributed by atoms with Gasteiger partial charge >= 0.3 is 0 Å². The van der Waals surface area contributed by atoms with E-state index in [1.807, 2.05) is 0 Å². The van der Waals surface area contributed by atoms with Gasteiger partial charge in [-0.1, -0.05) is 31.5 Å². The summed E-state index contributed by atoms with van der Waals surface area (Å²) in [5, 5.41) is 21.0. The number of ketones is 1. The van der Waals surface area contributed by atoms with Crippen molar-refractivity contribution in [3.63, 3.8) is 0 Å². The highest BCUT2D eigenvalue weighted by atomic mass is 16.4. The minimum atomic E-state index is -0.833. The van der Waals surface area contributed by atoms with Crippen molar-refractivity contribution < 1.29 is 19.8 Å². The van der Waals surface area contributed by atoms with Gasteiger partial charge in [0.25, 0.3) is 5.97 Å². The fourth-order valence-electron chi connectivity index (χ4n) is 7.95. The Balaban J connectivity index is 0.000000628. The molecule has 4 aliphatic rings. The molecule has 0 heterocycles. The van der Waals surface area contributed by atoms with Crippen LogP contribution in [0, 0.1) is 40.4 Å². The topological polar surface area (TPSA) is 123 Å². The van der Waals surface area contributed by atoms with Crippen LogP contribution in [0.5, 0.6) is 0 Å². The molecule has 172 valence electrons. The highest BCUT2D eigenvalue weighted by Gasteiger charge is 2.59. The van der Waals surface area contributed by atoms with E-state index >= 15 is 0 Å². The summed E-state index contributed by atoms with van der Waals surface area (Å²) in [7, 11) is 0. The fourth-order valence-corrected chi connectivity index (χ4v) is 7.95. The van der Waals surface area contributed by atoms with Crippen molar-refractivity contribution in [3.05, 3.63) is 21.7 Å². The van der Waals surface area contributed by atoms with E-state index in [0.29, 0.717) is 47.8 Å². The van der Waals surface area contributed by atoms with Crippen molar-refractivity contribution in [1.29, 1.82) is 0 Å². The number of carboxylic acids is 1. The van der Waals surface area contributed by atoms with E-state index in [4.69, 9.17) is 15.4 Å². The Labute approximate surface area is 184 Å². The predicted octanol–water partition coefficient (Wildman–Crippen LogP) is 5.49. The number of hydrogen-bond donors (Lipinski definition) is 2. The summed E-state index contributed by atoms with van der Waals surface area (Å²) in [6.07, 6.45) is 8.40. The second-order valence-electron chi connectivity index (χ2n) is 10.7. The van der Waals surface area contributed by atoms with E-state index in [1.54, 1.807) is 0 Å². The predicted molar refractivity (Wildman–Crippen MR) is 118 cm³/mol. The van der Waals surface area contributed by atoms with Crippen LogP contribution in [-0.2, 0) is 9.59 Å². The number of nitrogens with zero attached hydrogens (tertiary/aromatic N) is 3. The first-order valence-electron chi connectivity index (χ1n) is 11.7. The molecule has 0 aromatic heterocycles. The molecule has 0 radical (unpaired) electrons. The first-order valence-corrected chi connectivity index (χ1v) is 11.7. The Morgan fingerprint density at radius 3 is 2.48 bits per heavy atom. The van der Waals surface area contributed by atoms with Crippen molar-refractivity contribution in [3.8, 4) is 0 Å². The van der Waals surface area contributed by atoms with Crippen molar-refractivity contribution in [2.45, 2.75) is 79.1 Å². The molecule has 0 aromatic rings. The number of azide groups is 1. The van der Waals surface area contributed by atoms with Gasteiger partial charge in [-0.05, 0) is 90.9 Å². The minimum absolute atomic E-state index is 0.0162. The monoisotopic (exact) mass is 431 g/mol. The molecule has 0 spiro atoms. The van der Waals surface area contributed by atoms with Gasteiger partial charge in [0.1, 0.15) is 0 Å². The first-order chi connectivity index (χ1) is 14.6. The quantitative estimate of drug-likeness (QED) is 0.348. The molecule has 4 rings (SSSR count). The molecular weight excluding hydrogens is 394 g/mol. The molecule has 7 atom stereocenters. The zero-order valence-electron chi connectivity index (χ0n) is 19.3. The molecule has 4 aliphatic carbocycles. The standard InChI is InChI=1S/C22H33N3O2.C2H4O2/c1-13(12-26)15-6-7-16-14-4-5-18-20(24-25-23)19(27)9-11-22(18,3)17(14)8-10-21(15,16)2;1-2(3)4/h13-17,26H,4-12H2,1-3H3;1H3,(H,3,4)/t13-,14+,15-,16+,17+,21-,22-;/m1./s1. The number of hydrogen-bond acceptors (Lipinski definition) is 4. The van der Waals surface area contributed by atoms with E-state index in [2.05, 4.69) is 30.8 Å². The Bertz CT molecular complexity index is 814. The first kappa shape index (κ1) is 23.8. The highest BCUT2D eigenvalue weighted by Crippen LogP contribution is 2.67. The smallest absolute Gasteiger partial charge is 0.300 e. The van der Waals surface area contributed by atoms with Crippen molar-refractivity contribution in [1.82, 2.24) is 0 Å². The second-order valence-corrected chi connectivity index (χ2v) is 10.7. The largest absolute Gasteiger partial charge is 0.481 e. The number of aliphatic carboxylic acids is 1. The van der Waals surface area contributed by atoms with Crippen LogP contribution in [0.4, 0.5) is 0 Å². The minimum Gasteiger partial charge on any atom is -0.481 e. The molecule has 2 N–H and O–H groups in total. The number of carboxylic acid groups (broad SMARTS) is 1. The molecule has 0 aromatic carbocycles. The molecule has 0 bridgehead atoms. The molecule has 7 heteroatoms. The Hall–Kier alpha value is -1.85. The molecule has 0 saturated heterocycles. The molecule has 3 fully saturated rings. The number of carbonyl (C=O) groups excluding carboxylic acids is 1. The number of fused-ring (bicyclic) bond motifs is 5. The van der Waals surface area contributed by atoms with Gasteiger partial charge in [-0.25, -0.2) is 0 Å². The Kier molecular flexibility index (Phi) is 6.87. The average molecular weight is 432 g/mol. The van der Waals surface area contributed by atoms with Gasteiger partial charge < -0.3 is 10.2 Å². The van der Waals surface area contributed by atoms with Crippen LogP contribution in [0.1, 0.15) is 79.1 Å². The number of Topliss-reactive ketones (excluding diaryl/α,β-unsaturated/α-hetero) is 1. The summed E-state index contributed by atoms with van der Waals surface area (Å²) in [5.41, 5.74) is 10.9. The van der Waals surface area contributed by atoms with Crippen molar-refractivity contribution in [2.24, 2.45) is 45.5 Å². The maximum absolute atomic E-state index is 12.4. The van der Waals surface area contributed by atoms with Gasteiger partial charge in [0.2, 0.25) is 0 Å². The van der Waals surface area contributed by atoms with Crippen molar-refractivity contribution >= 4 is 11.8 Å². The van der Waals surface area contributed by atoms with Crippen LogP contribution < -0.4 is 0 Å². The molecule has 0 unspecified atom stereocenters. The van der Waals surface area contributed by atoms with Gasteiger partial charge in [0.15, 0.2) is 5.78 Å². The molecule has 7 nitrogen and oxygen atoms in total. The van der Waals surface area contributed by atoms with Crippen LogP contribution >= 0.6 is 0 Å². The molecule has 3 saturated carbocycles. The van der Waals surface area contributed by atoms with Gasteiger partial charge in [-0.2, -0.15) is 0 Å². The maximum Gasteiger partial charge on any atom is 0.300 e. The third-order valence-electron chi connectivity index (χ3n) is 9.29. The molecular formula is C24H37N3O4. The van der Waals surface area contributed by atoms with Gasteiger partial charge in [0.05, 0.1) is 5.70 Å². The molecule has 31 heavy (non-hydrogen) atoms. The lowest BCUT2D eigenvalue weighted by Crippen LogP contribution is -2.51. The van der Waals surface area contributed by atoms with Crippen LogP contribution in [0.25, 0.3) is 10.4 Å². The van der Waals surface area contributed by atoms with Crippen LogP contribution in [0.3, 0.4) is 0 Å². The molecule has 0 amide bonds. The average Bonchev–Trinajstić information content (AvgIpc) is 3.07. The van der Waals surface area contributed by atoms with E-state index < -0.39 is 5.97 Å². The molecule has 0 aliphatic heterocycles. The second kappa shape index (κ2) is 8.95. The third kappa shape index (κ3) is 4.03. The van der Waals surface area contributed by atoms with Crippen LogP contribution in [-0.4, -0.2) is 28.6 Å². The lowest BCUT2D eigenvalue weighted by atomic mass is 9.46. The number of aliphatic hydroxyl groups excluding tert-OH is 1. The van der Waals surface area contributed by atoms with Crippen molar-refractivity contribution in [2.75, 3.05) is 6.61 Å². The highest BCUT2D eigenvalue weighted by molar-refractivity contribution is 5.97. The van der Waals surface area contributed by atoms with Gasteiger partial charge in [-0.15, -0.1) is 0 Å².